The summed E-state index contributed by atoms with van der Waals surface area (Å²) >= 11 is 0.997. The molecule has 3 rings (SSSR count). The van der Waals surface area contributed by atoms with Gasteiger partial charge in [-0.05, 0) is 42.0 Å². The van der Waals surface area contributed by atoms with Gasteiger partial charge in [0.25, 0.3) is 0 Å². The van der Waals surface area contributed by atoms with Gasteiger partial charge in [0, 0.05) is 36.7 Å². The molecule has 162 valence electrons. The van der Waals surface area contributed by atoms with E-state index in [9.17, 15) is 18.0 Å². The maximum Gasteiger partial charge on any atom is 0.433 e. The lowest BCUT2D eigenvalue weighted by Gasteiger charge is -2.11. The number of aromatic nitrogens is 3. The molecular weight excluding hydrogens is 429 g/mol. The van der Waals surface area contributed by atoms with Crippen molar-refractivity contribution in [2.45, 2.75) is 24.3 Å². The van der Waals surface area contributed by atoms with Crippen molar-refractivity contribution >= 4 is 17.7 Å². The number of alkyl halides is 3. The van der Waals surface area contributed by atoms with Crippen LogP contribution in [0.4, 0.5) is 13.2 Å². The first-order chi connectivity index (χ1) is 14.8. The van der Waals surface area contributed by atoms with Gasteiger partial charge in [-0.25, -0.2) is 9.97 Å². The van der Waals surface area contributed by atoms with Gasteiger partial charge in [-0.2, -0.15) is 13.2 Å². The monoisotopic (exact) mass is 448 g/mol. The molecule has 0 atom stereocenters. The van der Waals surface area contributed by atoms with Crippen LogP contribution in [0.1, 0.15) is 17.7 Å². The summed E-state index contributed by atoms with van der Waals surface area (Å²) in [6, 6.07) is 11.0. The normalized spacial score (nSPS) is 11.2. The Balaban J connectivity index is 1.66. The molecule has 0 saturated carbocycles. The van der Waals surface area contributed by atoms with Gasteiger partial charge in [-0.3, -0.25) is 9.78 Å². The van der Waals surface area contributed by atoms with Gasteiger partial charge < -0.3 is 10.1 Å². The van der Waals surface area contributed by atoms with Crippen molar-refractivity contribution in [2.24, 2.45) is 0 Å². The third kappa shape index (κ3) is 6.68. The number of amides is 1. The second-order valence-corrected chi connectivity index (χ2v) is 7.45. The molecule has 1 N–H and O–H groups in total. The number of carbonyl (C=O) groups is 1. The molecule has 10 heteroatoms. The molecule has 2 heterocycles. The van der Waals surface area contributed by atoms with E-state index in [1.54, 1.807) is 42.7 Å². The Labute approximate surface area is 181 Å². The molecule has 0 aliphatic rings. The SMILES string of the molecule is COc1ccc(-c2cc(C(F)(F)F)nc(SCCC(=O)NCc3cccnc3)n2)cc1. The molecule has 0 fully saturated rings. The van der Waals surface area contributed by atoms with Crippen molar-refractivity contribution in [3.63, 3.8) is 0 Å². The van der Waals surface area contributed by atoms with E-state index in [4.69, 9.17) is 4.74 Å². The average molecular weight is 448 g/mol. The quantitative estimate of drug-likeness (QED) is 0.408. The Kier molecular flexibility index (Phi) is 7.45. The highest BCUT2D eigenvalue weighted by molar-refractivity contribution is 7.99. The molecule has 0 radical (unpaired) electrons. The average Bonchev–Trinajstić information content (AvgIpc) is 2.78. The number of ether oxygens (including phenoxy) is 1. The van der Waals surface area contributed by atoms with Gasteiger partial charge in [0.1, 0.15) is 11.4 Å². The van der Waals surface area contributed by atoms with Crippen LogP contribution in [0.3, 0.4) is 0 Å². The minimum Gasteiger partial charge on any atom is -0.497 e. The number of carbonyl (C=O) groups excluding carboxylic acids is 1. The van der Waals surface area contributed by atoms with Gasteiger partial charge >= 0.3 is 6.18 Å². The number of benzene rings is 1. The molecule has 1 amide bonds. The number of thioether (sulfide) groups is 1. The van der Waals surface area contributed by atoms with E-state index in [1.807, 2.05) is 6.07 Å². The zero-order chi connectivity index (χ0) is 22.3. The summed E-state index contributed by atoms with van der Waals surface area (Å²) in [6.45, 7) is 0.332. The van der Waals surface area contributed by atoms with Crippen LogP contribution in [0.5, 0.6) is 5.75 Å². The lowest BCUT2D eigenvalue weighted by Crippen LogP contribution is -2.23. The molecule has 31 heavy (non-hydrogen) atoms. The van der Waals surface area contributed by atoms with Gasteiger partial charge in [0.2, 0.25) is 5.91 Å². The standard InChI is InChI=1S/C21H19F3N4O2S/c1-30-16-6-4-15(5-7-16)17-11-18(21(22,23)24)28-20(27-17)31-10-8-19(29)26-13-14-3-2-9-25-12-14/h2-7,9,11-12H,8,10,13H2,1H3,(H,26,29). The van der Waals surface area contributed by atoms with E-state index in [2.05, 4.69) is 20.3 Å². The van der Waals surface area contributed by atoms with Crippen molar-refractivity contribution in [2.75, 3.05) is 12.9 Å². The minimum absolute atomic E-state index is 0.0410. The summed E-state index contributed by atoms with van der Waals surface area (Å²) in [7, 11) is 1.50. The Morgan fingerprint density at radius 3 is 2.58 bits per heavy atom. The third-order valence-corrected chi connectivity index (χ3v) is 5.00. The maximum absolute atomic E-state index is 13.3. The molecule has 6 nitrogen and oxygen atoms in total. The fourth-order valence-corrected chi connectivity index (χ4v) is 3.37. The highest BCUT2D eigenvalue weighted by atomic mass is 32.2. The Morgan fingerprint density at radius 1 is 1.16 bits per heavy atom. The molecule has 1 aromatic carbocycles. The second-order valence-electron chi connectivity index (χ2n) is 6.38. The lowest BCUT2D eigenvalue weighted by atomic mass is 10.1. The van der Waals surface area contributed by atoms with Crippen LogP contribution in [-0.4, -0.2) is 33.7 Å². The van der Waals surface area contributed by atoms with Crippen LogP contribution in [0.2, 0.25) is 0 Å². The summed E-state index contributed by atoms with van der Waals surface area (Å²) in [5, 5.41) is 2.70. The van der Waals surface area contributed by atoms with E-state index >= 15 is 0 Å². The van der Waals surface area contributed by atoms with E-state index in [0.717, 1.165) is 23.4 Å². The third-order valence-electron chi connectivity index (χ3n) is 4.15. The first kappa shape index (κ1) is 22.5. The number of halogens is 3. The second kappa shape index (κ2) is 10.3. The van der Waals surface area contributed by atoms with Crippen molar-refractivity contribution in [3.05, 3.63) is 66.1 Å². The highest BCUT2D eigenvalue weighted by Crippen LogP contribution is 2.32. The molecular formula is C21H19F3N4O2S. The molecule has 0 saturated heterocycles. The first-order valence-corrected chi connectivity index (χ1v) is 10.2. The smallest absolute Gasteiger partial charge is 0.433 e. The predicted octanol–water partition coefficient (Wildman–Crippen LogP) is 4.36. The van der Waals surface area contributed by atoms with Gasteiger partial charge in [-0.1, -0.05) is 17.8 Å². The van der Waals surface area contributed by atoms with Gasteiger partial charge in [-0.15, -0.1) is 0 Å². The fourth-order valence-electron chi connectivity index (χ4n) is 2.57. The number of nitrogens with one attached hydrogen (secondary N) is 1. The summed E-state index contributed by atoms with van der Waals surface area (Å²) < 4.78 is 45.0. The predicted molar refractivity (Wildman–Crippen MR) is 110 cm³/mol. The van der Waals surface area contributed by atoms with Crippen molar-refractivity contribution < 1.29 is 22.7 Å². The number of pyridine rings is 1. The van der Waals surface area contributed by atoms with E-state index < -0.39 is 11.9 Å². The number of hydrogen-bond acceptors (Lipinski definition) is 6. The van der Waals surface area contributed by atoms with Gasteiger partial charge in [0.15, 0.2) is 5.16 Å². The van der Waals surface area contributed by atoms with E-state index in [-0.39, 0.29) is 28.9 Å². The summed E-state index contributed by atoms with van der Waals surface area (Å²) in [4.78, 5) is 23.8. The summed E-state index contributed by atoms with van der Waals surface area (Å²) in [5.41, 5.74) is 0.476. The van der Waals surface area contributed by atoms with Crippen LogP contribution in [0, 0.1) is 0 Å². The summed E-state index contributed by atoms with van der Waals surface area (Å²) in [6.07, 6.45) is -1.22. The van der Waals surface area contributed by atoms with Gasteiger partial charge in [0.05, 0.1) is 12.8 Å². The summed E-state index contributed by atoms with van der Waals surface area (Å²) in [5.74, 6) is 0.599. The molecule has 0 unspecified atom stereocenters. The number of rotatable bonds is 8. The van der Waals surface area contributed by atoms with Crippen molar-refractivity contribution in [3.8, 4) is 17.0 Å². The minimum atomic E-state index is -4.61. The van der Waals surface area contributed by atoms with E-state index in [0.29, 0.717) is 17.9 Å². The lowest BCUT2D eigenvalue weighted by molar-refractivity contribution is -0.141. The number of hydrogen-bond donors (Lipinski definition) is 1. The Hall–Kier alpha value is -3.14. The zero-order valence-corrected chi connectivity index (χ0v) is 17.3. The highest BCUT2D eigenvalue weighted by Gasteiger charge is 2.33. The molecule has 0 spiro atoms. The molecule has 2 aromatic heterocycles. The van der Waals surface area contributed by atoms with Crippen LogP contribution in [-0.2, 0) is 17.5 Å². The molecule has 0 aliphatic carbocycles. The zero-order valence-electron chi connectivity index (χ0n) is 16.5. The van der Waals surface area contributed by atoms with Crippen LogP contribution in [0.25, 0.3) is 11.3 Å². The molecule has 3 aromatic rings. The largest absolute Gasteiger partial charge is 0.497 e. The van der Waals surface area contributed by atoms with Crippen molar-refractivity contribution in [1.29, 1.82) is 0 Å². The first-order valence-electron chi connectivity index (χ1n) is 9.24. The molecule has 0 bridgehead atoms. The van der Waals surface area contributed by atoms with Crippen LogP contribution < -0.4 is 10.1 Å². The van der Waals surface area contributed by atoms with Crippen molar-refractivity contribution in [1.82, 2.24) is 20.3 Å². The fraction of sp³-hybridized carbons (Fsp3) is 0.238. The number of methoxy groups -OCH3 is 1. The molecule has 0 aliphatic heterocycles. The topological polar surface area (TPSA) is 77.0 Å². The van der Waals surface area contributed by atoms with Crippen LogP contribution in [0.15, 0.2) is 60.0 Å². The Bertz CT molecular complexity index is 1020. The Morgan fingerprint density at radius 2 is 1.94 bits per heavy atom. The van der Waals surface area contributed by atoms with Crippen LogP contribution >= 0.6 is 11.8 Å². The maximum atomic E-state index is 13.3. The number of nitrogens with zero attached hydrogens (tertiary/aromatic N) is 3. The van der Waals surface area contributed by atoms with E-state index in [1.165, 1.54) is 7.11 Å².